The number of sulfonamides is 1. The first kappa shape index (κ1) is 22.7. The average Bonchev–Trinajstić information content (AvgIpc) is 3.04. The molecule has 28 heavy (non-hydrogen) atoms. The SMILES string of the molecule is CN(C)C(=O)c1cc(S(=O)(=O)N2CCCC(N3CCNCC3=O)C2)cn1C.Cl. The standard InChI is InChI=1S/C17H27N5O4S.ClH/c1-19(2)17(24)15-9-14(12-20(15)3)27(25,26)21-7-4-5-13(11-21)22-8-6-18-10-16(22)23;/h9,12-13,18H,4-8,10-11H2,1-3H3;1H. The first-order valence-electron chi connectivity index (χ1n) is 9.10. The van der Waals surface area contributed by atoms with Crippen LogP contribution in [0.25, 0.3) is 0 Å². The molecule has 1 N–H and O–H groups in total. The van der Waals surface area contributed by atoms with E-state index in [2.05, 4.69) is 5.32 Å². The van der Waals surface area contributed by atoms with Crippen LogP contribution in [0.4, 0.5) is 0 Å². The second-order valence-corrected chi connectivity index (χ2v) is 9.23. The Labute approximate surface area is 172 Å². The van der Waals surface area contributed by atoms with Gasteiger partial charge in [-0.2, -0.15) is 4.31 Å². The maximum absolute atomic E-state index is 13.1. The van der Waals surface area contributed by atoms with E-state index in [1.807, 2.05) is 0 Å². The third kappa shape index (κ3) is 4.35. The summed E-state index contributed by atoms with van der Waals surface area (Å²) >= 11 is 0. The van der Waals surface area contributed by atoms with E-state index in [1.54, 1.807) is 26.0 Å². The molecule has 3 heterocycles. The van der Waals surface area contributed by atoms with Gasteiger partial charge in [-0.05, 0) is 18.9 Å². The Hall–Kier alpha value is -1.62. The summed E-state index contributed by atoms with van der Waals surface area (Å²) in [6.07, 6.45) is 2.99. The number of rotatable bonds is 4. The molecule has 0 spiro atoms. The number of carbonyl (C=O) groups is 2. The largest absolute Gasteiger partial charge is 0.345 e. The van der Waals surface area contributed by atoms with E-state index >= 15 is 0 Å². The summed E-state index contributed by atoms with van der Waals surface area (Å²) < 4.78 is 29.2. The fourth-order valence-corrected chi connectivity index (χ4v) is 5.25. The Balaban J connectivity index is 0.00000280. The third-order valence-electron chi connectivity index (χ3n) is 5.17. The molecule has 2 fully saturated rings. The molecule has 158 valence electrons. The summed E-state index contributed by atoms with van der Waals surface area (Å²) in [5.74, 6) is -0.231. The van der Waals surface area contributed by atoms with E-state index < -0.39 is 10.0 Å². The Kier molecular flexibility index (Phi) is 7.13. The van der Waals surface area contributed by atoms with Gasteiger partial charge in [-0.1, -0.05) is 0 Å². The molecular weight excluding hydrogens is 406 g/mol. The molecule has 9 nitrogen and oxygen atoms in total. The van der Waals surface area contributed by atoms with Gasteiger partial charge in [-0.3, -0.25) is 9.59 Å². The van der Waals surface area contributed by atoms with Crippen LogP contribution in [0, 0.1) is 0 Å². The second-order valence-electron chi connectivity index (χ2n) is 7.29. The van der Waals surface area contributed by atoms with Crippen LogP contribution in [0.1, 0.15) is 23.3 Å². The van der Waals surface area contributed by atoms with Crippen molar-refractivity contribution in [1.82, 2.24) is 24.0 Å². The van der Waals surface area contributed by atoms with Crippen molar-refractivity contribution in [2.45, 2.75) is 23.8 Å². The number of amides is 2. The Morgan fingerprint density at radius 2 is 2.00 bits per heavy atom. The molecule has 1 aromatic heterocycles. The van der Waals surface area contributed by atoms with E-state index in [4.69, 9.17) is 0 Å². The number of aryl methyl sites for hydroxylation is 1. The fraction of sp³-hybridized carbons (Fsp3) is 0.647. The summed E-state index contributed by atoms with van der Waals surface area (Å²) in [5.41, 5.74) is 0.324. The van der Waals surface area contributed by atoms with Gasteiger partial charge in [-0.15, -0.1) is 12.4 Å². The first-order chi connectivity index (χ1) is 12.7. The topological polar surface area (TPSA) is 95.0 Å². The molecule has 0 bridgehead atoms. The number of piperazine rings is 1. The van der Waals surface area contributed by atoms with Gasteiger partial charge in [0.25, 0.3) is 5.91 Å². The zero-order chi connectivity index (χ0) is 19.8. The molecule has 3 rings (SSSR count). The van der Waals surface area contributed by atoms with Crippen molar-refractivity contribution in [2.24, 2.45) is 7.05 Å². The number of nitrogens with one attached hydrogen (secondary N) is 1. The van der Waals surface area contributed by atoms with Crippen LogP contribution in [0.2, 0.25) is 0 Å². The van der Waals surface area contributed by atoms with E-state index in [0.717, 1.165) is 13.0 Å². The first-order valence-corrected chi connectivity index (χ1v) is 10.5. The third-order valence-corrected chi connectivity index (χ3v) is 7.00. The van der Waals surface area contributed by atoms with Crippen LogP contribution in [0.5, 0.6) is 0 Å². The zero-order valence-electron chi connectivity index (χ0n) is 16.4. The molecule has 1 unspecified atom stereocenters. The van der Waals surface area contributed by atoms with Crippen LogP contribution in [-0.2, 0) is 21.9 Å². The predicted molar refractivity (Wildman–Crippen MR) is 107 cm³/mol. The quantitative estimate of drug-likeness (QED) is 0.705. The summed E-state index contributed by atoms with van der Waals surface area (Å²) in [6, 6.07) is 1.33. The lowest BCUT2D eigenvalue weighted by Crippen LogP contribution is -2.57. The summed E-state index contributed by atoms with van der Waals surface area (Å²) in [4.78, 5) is 27.7. The number of carbonyl (C=O) groups excluding carboxylic acids is 2. The molecule has 1 atom stereocenters. The molecule has 0 aromatic carbocycles. The smallest absolute Gasteiger partial charge is 0.269 e. The van der Waals surface area contributed by atoms with Crippen molar-refractivity contribution < 1.29 is 18.0 Å². The molecule has 2 aliphatic heterocycles. The number of aromatic nitrogens is 1. The molecule has 11 heteroatoms. The summed E-state index contributed by atoms with van der Waals surface area (Å²) in [5, 5.41) is 3.04. The number of hydrogen-bond acceptors (Lipinski definition) is 5. The van der Waals surface area contributed by atoms with Crippen molar-refractivity contribution in [2.75, 3.05) is 46.8 Å². The van der Waals surface area contributed by atoms with Gasteiger partial charge in [0.2, 0.25) is 15.9 Å². The predicted octanol–water partition coefficient (Wildman–Crippen LogP) is -0.266. The van der Waals surface area contributed by atoms with E-state index in [1.165, 1.54) is 26.0 Å². The summed E-state index contributed by atoms with van der Waals surface area (Å²) in [7, 11) is 1.19. The highest BCUT2D eigenvalue weighted by Gasteiger charge is 2.36. The van der Waals surface area contributed by atoms with Crippen molar-refractivity contribution in [1.29, 1.82) is 0 Å². The minimum Gasteiger partial charge on any atom is -0.345 e. The highest BCUT2D eigenvalue weighted by Crippen LogP contribution is 2.25. The number of nitrogens with zero attached hydrogens (tertiary/aromatic N) is 4. The van der Waals surface area contributed by atoms with Crippen molar-refractivity contribution in [3.63, 3.8) is 0 Å². The molecule has 0 radical (unpaired) electrons. The monoisotopic (exact) mass is 433 g/mol. The lowest BCUT2D eigenvalue weighted by molar-refractivity contribution is -0.135. The van der Waals surface area contributed by atoms with Crippen molar-refractivity contribution in [3.8, 4) is 0 Å². The van der Waals surface area contributed by atoms with E-state index in [9.17, 15) is 18.0 Å². The van der Waals surface area contributed by atoms with Crippen LogP contribution in [0.3, 0.4) is 0 Å². The van der Waals surface area contributed by atoms with Crippen molar-refractivity contribution in [3.05, 3.63) is 18.0 Å². The van der Waals surface area contributed by atoms with Gasteiger partial charge in [0.1, 0.15) is 10.6 Å². The Bertz CT molecular complexity index is 839. The number of piperidine rings is 1. The molecule has 2 saturated heterocycles. The van der Waals surface area contributed by atoms with Crippen LogP contribution in [-0.4, -0.2) is 91.8 Å². The zero-order valence-corrected chi connectivity index (χ0v) is 18.1. The highest BCUT2D eigenvalue weighted by molar-refractivity contribution is 7.89. The van der Waals surface area contributed by atoms with Gasteiger partial charge in [-0.25, -0.2) is 8.42 Å². The average molecular weight is 434 g/mol. The maximum atomic E-state index is 13.1. The van der Waals surface area contributed by atoms with Crippen molar-refractivity contribution >= 4 is 34.2 Å². The Morgan fingerprint density at radius 3 is 2.64 bits per heavy atom. The molecule has 2 amide bonds. The maximum Gasteiger partial charge on any atom is 0.269 e. The van der Waals surface area contributed by atoms with Crippen LogP contribution in [0.15, 0.2) is 17.2 Å². The van der Waals surface area contributed by atoms with E-state index in [0.29, 0.717) is 38.3 Å². The molecule has 0 saturated carbocycles. The van der Waals surface area contributed by atoms with Gasteiger partial charge < -0.3 is 19.7 Å². The van der Waals surface area contributed by atoms with E-state index in [-0.39, 0.29) is 35.2 Å². The molecule has 2 aliphatic rings. The van der Waals surface area contributed by atoms with Crippen LogP contribution >= 0.6 is 12.4 Å². The highest BCUT2D eigenvalue weighted by atomic mass is 35.5. The number of halogens is 1. The Morgan fingerprint density at radius 1 is 1.29 bits per heavy atom. The molecule has 1 aromatic rings. The minimum atomic E-state index is -3.72. The fourth-order valence-electron chi connectivity index (χ4n) is 3.67. The van der Waals surface area contributed by atoms with Gasteiger partial charge in [0.05, 0.1) is 6.54 Å². The minimum absolute atomic E-state index is 0. The van der Waals surface area contributed by atoms with Gasteiger partial charge >= 0.3 is 0 Å². The normalized spacial score (nSPS) is 21.3. The van der Waals surface area contributed by atoms with Gasteiger partial charge in [0.15, 0.2) is 0 Å². The van der Waals surface area contributed by atoms with Gasteiger partial charge in [0, 0.05) is 59.6 Å². The second kappa shape index (κ2) is 8.81. The van der Waals surface area contributed by atoms with Crippen LogP contribution < -0.4 is 5.32 Å². The molecular formula is C17H28ClN5O4S. The molecule has 0 aliphatic carbocycles. The summed E-state index contributed by atoms with van der Waals surface area (Å²) in [6.45, 7) is 2.34. The lowest BCUT2D eigenvalue weighted by atomic mass is 10.1. The lowest BCUT2D eigenvalue weighted by Gasteiger charge is -2.40. The number of hydrogen-bond donors (Lipinski definition) is 1.